The van der Waals surface area contributed by atoms with Gasteiger partial charge >= 0.3 is 6.18 Å². The first-order chi connectivity index (χ1) is 17.5. The maximum Gasteiger partial charge on any atom is 0.416 e. The van der Waals surface area contributed by atoms with Crippen molar-refractivity contribution < 1.29 is 27.2 Å². The topological polar surface area (TPSA) is 116 Å². The second-order valence-corrected chi connectivity index (χ2v) is 9.45. The fraction of sp³-hybridized carbons (Fsp3) is 0.478. The summed E-state index contributed by atoms with van der Waals surface area (Å²) in [6.45, 7) is 0.745. The number of rotatable bonds is 5. The molecule has 2 saturated heterocycles. The van der Waals surface area contributed by atoms with Crippen molar-refractivity contribution in [3.05, 3.63) is 40.9 Å². The molecular formula is C23H26ClF4N7O2. The largest absolute Gasteiger partial charge is 0.416 e. The van der Waals surface area contributed by atoms with Crippen molar-refractivity contribution in [2.75, 3.05) is 42.6 Å². The monoisotopic (exact) mass is 543 g/mol. The molecule has 0 saturated carbocycles. The van der Waals surface area contributed by atoms with E-state index in [2.05, 4.69) is 20.6 Å². The van der Waals surface area contributed by atoms with E-state index in [9.17, 15) is 27.2 Å². The van der Waals surface area contributed by atoms with E-state index in [1.54, 1.807) is 9.80 Å². The molecular weight excluding hydrogens is 518 g/mol. The molecule has 1 aromatic carbocycles. The lowest BCUT2D eigenvalue weighted by molar-refractivity contribution is -0.140. The summed E-state index contributed by atoms with van der Waals surface area (Å²) in [6, 6.07) is 1.56. The second kappa shape index (κ2) is 10.6. The number of hydrogen-bond donors (Lipinski definition) is 3. The van der Waals surface area contributed by atoms with E-state index in [-0.39, 0.29) is 40.7 Å². The lowest BCUT2D eigenvalue weighted by Gasteiger charge is -2.46. The van der Waals surface area contributed by atoms with E-state index in [0.717, 1.165) is 18.5 Å². The molecule has 2 aliphatic heterocycles. The maximum atomic E-state index is 14.7. The van der Waals surface area contributed by atoms with E-state index in [4.69, 9.17) is 17.3 Å². The van der Waals surface area contributed by atoms with E-state index in [1.807, 2.05) is 0 Å². The lowest BCUT2D eigenvalue weighted by atomic mass is 9.87. The summed E-state index contributed by atoms with van der Waals surface area (Å²) in [5, 5.41) is 5.38. The van der Waals surface area contributed by atoms with E-state index >= 15 is 0 Å². The van der Waals surface area contributed by atoms with Gasteiger partial charge < -0.3 is 26.2 Å². The van der Waals surface area contributed by atoms with Crippen LogP contribution in [0.15, 0.2) is 24.5 Å². The van der Waals surface area contributed by atoms with Gasteiger partial charge in [0, 0.05) is 37.4 Å². The summed E-state index contributed by atoms with van der Waals surface area (Å²) in [6.07, 6.45) is -2.22. The van der Waals surface area contributed by atoms with Crippen molar-refractivity contribution in [1.82, 2.24) is 20.2 Å². The molecule has 9 nitrogen and oxygen atoms in total. The maximum absolute atomic E-state index is 14.7. The predicted octanol–water partition coefficient (Wildman–Crippen LogP) is 2.91. The Labute approximate surface area is 215 Å². The smallest absolute Gasteiger partial charge is 0.381 e. The molecule has 2 aliphatic rings. The van der Waals surface area contributed by atoms with Crippen LogP contribution in [-0.4, -0.2) is 65.4 Å². The highest BCUT2D eigenvalue weighted by atomic mass is 35.5. The number of halogens is 5. The molecule has 14 heteroatoms. The van der Waals surface area contributed by atoms with Crippen LogP contribution < -0.4 is 21.3 Å². The number of carbonyl (C=O) groups excluding carboxylic acids is 2. The Bertz CT molecular complexity index is 1180. The van der Waals surface area contributed by atoms with Crippen molar-refractivity contribution >= 4 is 40.7 Å². The van der Waals surface area contributed by atoms with Gasteiger partial charge in [0.15, 0.2) is 11.6 Å². The Balaban J connectivity index is 1.59. The van der Waals surface area contributed by atoms with Crippen molar-refractivity contribution in [2.45, 2.75) is 37.5 Å². The van der Waals surface area contributed by atoms with Crippen molar-refractivity contribution in [3.63, 3.8) is 0 Å². The number of anilines is 3. The van der Waals surface area contributed by atoms with E-state index < -0.39 is 35.6 Å². The number of aromatic nitrogens is 2. The number of carbonyl (C=O) groups is 2. The quantitative estimate of drug-likeness (QED) is 0.497. The average Bonchev–Trinajstić information content (AvgIpc) is 2.85. The van der Waals surface area contributed by atoms with Crippen molar-refractivity contribution in [1.29, 1.82) is 0 Å². The molecule has 3 heterocycles. The highest BCUT2D eigenvalue weighted by molar-refractivity contribution is 6.31. The normalized spacial score (nSPS) is 22.6. The summed E-state index contributed by atoms with van der Waals surface area (Å²) in [4.78, 5) is 37.1. The van der Waals surface area contributed by atoms with E-state index in [1.165, 1.54) is 13.1 Å². The Morgan fingerprint density at radius 3 is 2.65 bits per heavy atom. The van der Waals surface area contributed by atoms with Crippen molar-refractivity contribution in [3.8, 4) is 0 Å². The molecule has 4 N–H and O–H groups in total. The minimum absolute atomic E-state index is 0.0226. The molecule has 200 valence electrons. The first kappa shape index (κ1) is 26.7. The molecule has 2 amide bonds. The van der Waals surface area contributed by atoms with Crippen LogP contribution in [0.25, 0.3) is 0 Å². The van der Waals surface area contributed by atoms with Gasteiger partial charge in [0.05, 0.1) is 17.5 Å². The van der Waals surface area contributed by atoms with Gasteiger partial charge in [-0.15, -0.1) is 0 Å². The third kappa shape index (κ3) is 5.65. The lowest BCUT2D eigenvalue weighted by Crippen LogP contribution is -2.61. The zero-order valence-corrected chi connectivity index (χ0v) is 20.6. The fourth-order valence-corrected chi connectivity index (χ4v) is 5.16. The molecule has 0 spiro atoms. The van der Waals surface area contributed by atoms with Crippen LogP contribution in [0.2, 0.25) is 5.02 Å². The molecule has 1 aromatic heterocycles. The third-order valence-electron chi connectivity index (χ3n) is 6.70. The Morgan fingerprint density at radius 2 is 1.95 bits per heavy atom. The number of benzene rings is 1. The molecule has 0 unspecified atom stereocenters. The molecule has 2 fully saturated rings. The van der Waals surface area contributed by atoms with Gasteiger partial charge in [0.1, 0.15) is 12.4 Å². The zero-order valence-electron chi connectivity index (χ0n) is 19.9. The van der Waals surface area contributed by atoms with Gasteiger partial charge in [-0.3, -0.25) is 9.59 Å². The molecule has 0 radical (unpaired) electrons. The highest BCUT2D eigenvalue weighted by Gasteiger charge is 2.43. The number of likely N-dealkylation sites (tertiary alicyclic amines) is 1. The third-order valence-corrected chi connectivity index (χ3v) is 6.92. The van der Waals surface area contributed by atoms with Gasteiger partial charge in [-0.05, 0) is 37.5 Å². The fourth-order valence-electron chi connectivity index (χ4n) is 4.93. The molecule has 37 heavy (non-hydrogen) atoms. The molecule has 4 rings (SSSR count). The number of nitrogen functional groups attached to an aromatic ring is 1. The Morgan fingerprint density at radius 1 is 1.19 bits per heavy atom. The molecule has 2 aromatic rings. The summed E-state index contributed by atoms with van der Waals surface area (Å²) in [5.74, 6) is -2.33. The number of piperidine rings is 2. The molecule has 3 atom stereocenters. The van der Waals surface area contributed by atoms with Gasteiger partial charge in [0.2, 0.25) is 17.6 Å². The SMILES string of the molecule is CNC(=O)[C@H]1CCN(c2ncnc(N)c2F)C[C@@H]1N1CCC[C@@H](Nc2cc(Cl)cc(C(F)(F)F)c2)C1=O. The molecule has 0 aliphatic carbocycles. The number of hydrogen-bond acceptors (Lipinski definition) is 7. The van der Waals surface area contributed by atoms with Gasteiger partial charge in [-0.2, -0.15) is 17.6 Å². The highest BCUT2D eigenvalue weighted by Crippen LogP contribution is 2.35. The van der Waals surface area contributed by atoms with Crippen LogP contribution in [0.5, 0.6) is 0 Å². The van der Waals surface area contributed by atoms with E-state index in [0.29, 0.717) is 32.4 Å². The number of alkyl halides is 3. The first-order valence-electron chi connectivity index (χ1n) is 11.7. The van der Waals surface area contributed by atoms with Crippen LogP contribution in [0.4, 0.5) is 34.9 Å². The summed E-state index contributed by atoms with van der Waals surface area (Å²) in [5.41, 5.74) is 4.72. The minimum atomic E-state index is -4.60. The van der Waals surface area contributed by atoms with Gasteiger partial charge in [-0.1, -0.05) is 11.6 Å². The van der Waals surface area contributed by atoms with Crippen LogP contribution >= 0.6 is 11.6 Å². The first-order valence-corrected chi connectivity index (χ1v) is 12.0. The van der Waals surface area contributed by atoms with Gasteiger partial charge in [-0.25, -0.2) is 9.97 Å². The Hall–Kier alpha value is -3.35. The average molecular weight is 544 g/mol. The molecule has 0 bridgehead atoms. The second-order valence-electron chi connectivity index (χ2n) is 9.02. The van der Waals surface area contributed by atoms with Crippen LogP contribution in [-0.2, 0) is 15.8 Å². The zero-order chi connectivity index (χ0) is 26.9. The minimum Gasteiger partial charge on any atom is -0.381 e. The predicted molar refractivity (Wildman–Crippen MR) is 129 cm³/mol. The number of nitrogens with one attached hydrogen (secondary N) is 2. The number of nitrogens with zero attached hydrogens (tertiary/aromatic N) is 4. The number of nitrogens with two attached hydrogens (primary N) is 1. The standard InChI is InChI=1S/C23H26ClF4N7O2/c1-30-21(36)15-4-6-34(20-18(25)19(29)31-11-32-20)10-17(15)35-5-2-3-16(22(35)37)33-14-8-12(23(26,27)28)7-13(24)9-14/h7-9,11,15-17,33H,2-6,10H2,1H3,(H,30,36)(H2,29,31,32)/t15-,16+,17-/m0/s1. The van der Waals surface area contributed by atoms with Crippen LogP contribution in [0, 0.1) is 11.7 Å². The van der Waals surface area contributed by atoms with Crippen LogP contribution in [0.3, 0.4) is 0 Å². The summed E-state index contributed by atoms with van der Waals surface area (Å²) >= 11 is 5.89. The number of amides is 2. The summed E-state index contributed by atoms with van der Waals surface area (Å²) in [7, 11) is 1.50. The summed E-state index contributed by atoms with van der Waals surface area (Å²) < 4.78 is 54.4. The van der Waals surface area contributed by atoms with Gasteiger partial charge in [0.25, 0.3) is 0 Å². The Kier molecular flexibility index (Phi) is 7.62. The van der Waals surface area contributed by atoms with Crippen molar-refractivity contribution in [2.24, 2.45) is 5.92 Å². The van der Waals surface area contributed by atoms with Crippen LogP contribution in [0.1, 0.15) is 24.8 Å².